The molecular weight excluding hydrogens is 194 g/mol. The highest BCUT2D eigenvalue weighted by molar-refractivity contribution is 5.03. The molecule has 0 saturated heterocycles. The second-order valence-corrected chi connectivity index (χ2v) is 3.27. The molecule has 0 aliphatic rings. The van der Waals surface area contributed by atoms with E-state index in [1.807, 2.05) is 17.1 Å². The molecule has 1 rings (SSSR count). The fourth-order valence-corrected chi connectivity index (χ4v) is 1.21. The molecular formula is C10H19N3O2. The third kappa shape index (κ3) is 4.92. The zero-order valence-electron chi connectivity index (χ0n) is 9.40. The van der Waals surface area contributed by atoms with E-state index in [1.54, 1.807) is 14.2 Å². The molecule has 0 aromatic carbocycles. The average molecular weight is 213 g/mol. The monoisotopic (exact) mass is 213 g/mol. The van der Waals surface area contributed by atoms with Gasteiger partial charge in [0.05, 0.1) is 26.0 Å². The summed E-state index contributed by atoms with van der Waals surface area (Å²) in [5, 5.41) is 7.48. The highest BCUT2D eigenvalue weighted by atomic mass is 16.5. The Kier molecular flexibility index (Phi) is 5.99. The van der Waals surface area contributed by atoms with Crippen LogP contribution in [0.3, 0.4) is 0 Å². The molecule has 1 aromatic rings. The number of ether oxygens (including phenoxy) is 2. The molecule has 86 valence electrons. The quantitative estimate of drug-likeness (QED) is 0.630. The molecule has 0 bridgehead atoms. The Balaban J connectivity index is 2.20. The smallest absolute Gasteiger partial charge is 0.0658 e. The highest BCUT2D eigenvalue weighted by Crippen LogP contribution is 1.96. The molecule has 15 heavy (non-hydrogen) atoms. The normalized spacial score (nSPS) is 10.8. The molecule has 0 aliphatic heterocycles. The summed E-state index contributed by atoms with van der Waals surface area (Å²) in [7, 11) is 3.39. The van der Waals surface area contributed by atoms with Crippen LogP contribution >= 0.6 is 0 Å². The van der Waals surface area contributed by atoms with E-state index in [0.29, 0.717) is 6.61 Å². The summed E-state index contributed by atoms with van der Waals surface area (Å²) in [6.45, 7) is 3.92. The van der Waals surface area contributed by atoms with E-state index in [4.69, 9.17) is 9.47 Å². The van der Waals surface area contributed by atoms with Crippen LogP contribution in [-0.2, 0) is 22.6 Å². The number of nitrogens with zero attached hydrogens (tertiary/aromatic N) is 2. The Morgan fingerprint density at radius 2 is 2.13 bits per heavy atom. The Labute approximate surface area is 90.4 Å². The van der Waals surface area contributed by atoms with Crippen molar-refractivity contribution in [2.45, 2.75) is 13.1 Å². The van der Waals surface area contributed by atoms with E-state index in [2.05, 4.69) is 10.4 Å². The zero-order valence-corrected chi connectivity index (χ0v) is 9.40. The zero-order chi connectivity index (χ0) is 10.9. The Morgan fingerprint density at radius 1 is 1.33 bits per heavy atom. The molecule has 5 nitrogen and oxygen atoms in total. The van der Waals surface area contributed by atoms with E-state index in [9.17, 15) is 0 Å². The minimum atomic E-state index is 0.693. The van der Waals surface area contributed by atoms with Crippen LogP contribution < -0.4 is 5.32 Å². The van der Waals surface area contributed by atoms with Crippen LogP contribution in [-0.4, -0.2) is 43.8 Å². The van der Waals surface area contributed by atoms with Gasteiger partial charge in [-0.3, -0.25) is 4.68 Å². The summed E-state index contributed by atoms with van der Waals surface area (Å²) < 4.78 is 11.8. The van der Waals surface area contributed by atoms with Crippen molar-refractivity contribution in [1.29, 1.82) is 0 Å². The molecule has 0 fully saturated rings. The van der Waals surface area contributed by atoms with Gasteiger partial charge in [0.15, 0.2) is 0 Å². The summed E-state index contributed by atoms with van der Waals surface area (Å²) in [6.07, 6.45) is 3.90. The fraction of sp³-hybridized carbons (Fsp3) is 0.700. The summed E-state index contributed by atoms with van der Waals surface area (Å²) in [4.78, 5) is 0. The molecule has 0 atom stereocenters. The lowest BCUT2D eigenvalue weighted by molar-refractivity contribution is 0.183. The van der Waals surface area contributed by atoms with Crippen LogP contribution in [0.15, 0.2) is 12.4 Å². The largest absolute Gasteiger partial charge is 0.383 e. The molecule has 0 spiro atoms. The number of hydrogen-bond donors (Lipinski definition) is 1. The molecule has 0 unspecified atom stereocenters. The first-order chi connectivity index (χ1) is 7.36. The predicted octanol–water partition coefficient (Wildman–Crippen LogP) is 0.266. The molecule has 0 amide bonds. The molecule has 0 saturated carbocycles. The van der Waals surface area contributed by atoms with Gasteiger partial charge < -0.3 is 14.8 Å². The van der Waals surface area contributed by atoms with E-state index in [1.165, 1.54) is 5.56 Å². The Morgan fingerprint density at radius 3 is 2.87 bits per heavy atom. The van der Waals surface area contributed by atoms with Crippen LogP contribution in [0, 0.1) is 0 Å². The van der Waals surface area contributed by atoms with Gasteiger partial charge >= 0.3 is 0 Å². The van der Waals surface area contributed by atoms with E-state index < -0.39 is 0 Å². The van der Waals surface area contributed by atoms with E-state index in [-0.39, 0.29) is 0 Å². The lowest BCUT2D eigenvalue weighted by atomic mass is 10.3. The van der Waals surface area contributed by atoms with Crippen LogP contribution in [0.1, 0.15) is 5.56 Å². The van der Waals surface area contributed by atoms with Gasteiger partial charge in [-0.05, 0) is 0 Å². The summed E-state index contributed by atoms with van der Waals surface area (Å²) in [5.41, 5.74) is 1.18. The molecule has 5 heteroatoms. The maximum Gasteiger partial charge on any atom is 0.0658 e. The van der Waals surface area contributed by atoms with Gasteiger partial charge in [-0.15, -0.1) is 0 Å². The number of nitrogens with one attached hydrogen (secondary N) is 1. The lowest BCUT2D eigenvalue weighted by Crippen LogP contribution is -2.18. The van der Waals surface area contributed by atoms with Crippen molar-refractivity contribution < 1.29 is 9.47 Å². The lowest BCUT2D eigenvalue weighted by Gasteiger charge is -2.01. The van der Waals surface area contributed by atoms with Crippen molar-refractivity contribution >= 4 is 0 Å². The average Bonchev–Trinajstić information content (AvgIpc) is 2.69. The maximum atomic E-state index is 4.98. The van der Waals surface area contributed by atoms with E-state index in [0.717, 1.165) is 26.2 Å². The number of methoxy groups -OCH3 is 2. The second-order valence-electron chi connectivity index (χ2n) is 3.27. The maximum absolute atomic E-state index is 4.98. The Hall–Kier alpha value is -0.910. The molecule has 1 N–H and O–H groups in total. The second kappa shape index (κ2) is 7.39. The fourth-order valence-electron chi connectivity index (χ4n) is 1.21. The first kappa shape index (κ1) is 12.2. The standard InChI is InChI=1S/C10H19N3O2/c1-14-5-3-11-7-10-8-12-13(9-10)4-6-15-2/h8-9,11H,3-7H2,1-2H3. The van der Waals surface area contributed by atoms with Gasteiger partial charge in [0.2, 0.25) is 0 Å². The minimum absolute atomic E-state index is 0.693. The van der Waals surface area contributed by atoms with Gasteiger partial charge in [-0.25, -0.2) is 0 Å². The molecule has 0 aliphatic carbocycles. The number of aromatic nitrogens is 2. The van der Waals surface area contributed by atoms with Crippen molar-refractivity contribution in [3.63, 3.8) is 0 Å². The van der Waals surface area contributed by atoms with E-state index >= 15 is 0 Å². The SMILES string of the molecule is COCCNCc1cnn(CCOC)c1. The topological polar surface area (TPSA) is 48.3 Å². The molecule has 1 aromatic heterocycles. The van der Waals surface area contributed by atoms with Crippen molar-refractivity contribution in [2.24, 2.45) is 0 Å². The van der Waals surface area contributed by atoms with Gasteiger partial charge in [0, 0.05) is 39.1 Å². The van der Waals surface area contributed by atoms with Crippen LogP contribution in [0.2, 0.25) is 0 Å². The van der Waals surface area contributed by atoms with Crippen LogP contribution in [0.4, 0.5) is 0 Å². The number of hydrogen-bond acceptors (Lipinski definition) is 4. The Bertz CT molecular complexity index is 263. The molecule has 0 radical (unpaired) electrons. The van der Waals surface area contributed by atoms with Crippen molar-refractivity contribution in [1.82, 2.24) is 15.1 Å². The summed E-state index contributed by atoms with van der Waals surface area (Å²) in [6, 6.07) is 0. The van der Waals surface area contributed by atoms with Crippen molar-refractivity contribution in [2.75, 3.05) is 34.0 Å². The van der Waals surface area contributed by atoms with Crippen molar-refractivity contribution in [3.8, 4) is 0 Å². The first-order valence-corrected chi connectivity index (χ1v) is 5.06. The van der Waals surface area contributed by atoms with Gasteiger partial charge in [-0.2, -0.15) is 5.10 Å². The third-order valence-corrected chi connectivity index (χ3v) is 2.02. The summed E-state index contributed by atoms with van der Waals surface area (Å²) in [5.74, 6) is 0. The van der Waals surface area contributed by atoms with Crippen molar-refractivity contribution in [3.05, 3.63) is 18.0 Å². The minimum Gasteiger partial charge on any atom is -0.383 e. The molecule has 1 heterocycles. The summed E-state index contributed by atoms with van der Waals surface area (Å²) >= 11 is 0. The number of rotatable bonds is 8. The third-order valence-electron chi connectivity index (χ3n) is 2.02. The van der Waals surface area contributed by atoms with Crippen LogP contribution in [0.5, 0.6) is 0 Å². The predicted molar refractivity (Wildman–Crippen MR) is 57.7 cm³/mol. The first-order valence-electron chi connectivity index (χ1n) is 5.06. The highest BCUT2D eigenvalue weighted by Gasteiger charge is 1.97. The van der Waals surface area contributed by atoms with Gasteiger partial charge in [-0.1, -0.05) is 0 Å². The van der Waals surface area contributed by atoms with Gasteiger partial charge in [0.1, 0.15) is 0 Å². The van der Waals surface area contributed by atoms with Crippen LogP contribution in [0.25, 0.3) is 0 Å². The van der Waals surface area contributed by atoms with Gasteiger partial charge in [0.25, 0.3) is 0 Å².